The summed E-state index contributed by atoms with van der Waals surface area (Å²) in [5.74, 6) is 0.208. The molecule has 3 nitrogen and oxygen atoms in total. The summed E-state index contributed by atoms with van der Waals surface area (Å²) < 4.78 is 2.46. The molecule has 4 aromatic rings. The fourth-order valence-electron chi connectivity index (χ4n) is 4.18. The molecule has 2 heterocycles. The Labute approximate surface area is 202 Å². The number of fused-ring (bicyclic) bond motifs is 1. The number of ketones is 1. The molecule has 0 fully saturated rings. The van der Waals surface area contributed by atoms with Gasteiger partial charge in [0.05, 0.1) is 0 Å². The molecule has 4 heteroatoms. The number of hydrogen-bond donors (Lipinski definition) is 0. The van der Waals surface area contributed by atoms with Crippen molar-refractivity contribution in [1.82, 2.24) is 4.57 Å². The van der Waals surface area contributed by atoms with E-state index in [4.69, 9.17) is 0 Å². The van der Waals surface area contributed by atoms with Crippen molar-refractivity contribution >= 4 is 22.8 Å². The molecule has 0 spiro atoms. The quantitative estimate of drug-likeness (QED) is 0.249. The fraction of sp³-hybridized carbons (Fsp3) is 0.241. The molecule has 33 heavy (non-hydrogen) atoms. The Kier molecular flexibility index (Phi) is 9.46. The monoisotopic (exact) mass is 458 g/mol. The third-order valence-electron chi connectivity index (χ3n) is 5.88. The summed E-state index contributed by atoms with van der Waals surface area (Å²) in [6, 6.07) is 25.5. The van der Waals surface area contributed by atoms with E-state index in [2.05, 4.69) is 70.2 Å². The summed E-state index contributed by atoms with van der Waals surface area (Å²) in [5, 5.41) is 1.30. The number of nitrogens with zero attached hydrogens (tertiary/aromatic N) is 1. The second-order valence-electron chi connectivity index (χ2n) is 8.26. The molecule has 0 saturated carbocycles. The Morgan fingerprint density at radius 3 is 2.42 bits per heavy atom. The molecular formula is C29H31ClN2O. The molecule has 0 aliphatic rings. The molecule has 4 rings (SSSR count). The van der Waals surface area contributed by atoms with Crippen LogP contribution >= 0.6 is 0 Å². The smallest absolute Gasteiger partial charge is 0.174 e. The normalized spacial score (nSPS) is 11.0. The maximum Gasteiger partial charge on any atom is 0.174 e. The SMILES string of the molecule is O=C(/C=C/c1ccc[nH+]c1)CCCCCCCn1c(-c2ccccc2)cc2ccccc21.[Cl-]. The van der Waals surface area contributed by atoms with Gasteiger partial charge in [-0.3, -0.25) is 4.79 Å². The number of pyridine rings is 1. The Hall–Kier alpha value is -3.17. The highest BCUT2D eigenvalue weighted by atomic mass is 35.5. The van der Waals surface area contributed by atoms with Crippen LogP contribution in [0.3, 0.4) is 0 Å². The van der Waals surface area contributed by atoms with Gasteiger partial charge in [-0.1, -0.05) is 67.8 Å². The first-order chi connectivity index (χ1) is 15.8. The van der Waals surface area contributed by atoms with Gasteiger partial charge in [0.2, 0.25) is 0 Å². The molecule has 170 valence electrons. The molecule has 0 atom stereocenters. The van der Waals surface area contributed by atoms with Gasteiger partial charge in [-0.15, -0.1) is 0 Å². The van der Waals surface area contributed by atoms with Crippen LogP contribution in [0.1, 0.15) is 44.1 Å². The second kappa shape index (κ2) is 12.8. The topological polar surface area (TPSA) is 36.1 Å². The van der Waals surface area contributed by atoms with Crippen molar-refractivity contribution in [3.63, 3.8) is 0 Å². The first kappa shape index (κ1) is 24.5. The molecule has 1 N–H and O–H groups in total. The van der Waals surface area contributed by atoms with Gasteiger partial charge < -0.3 is 17.0 Å². The molecule has 0 saturated heterocycles. The number of nitrogens with one attached hydrogen (secondary N) is 1. The number of allylic oxidation sites excluding steroid dienone is 1. The Bertz CT molecular complexity index is 1170. The van der Waals surface area contributed by atoms with E-state index in [9.17, 15) is 4.79 Å². The van der Waals surface area contributed by atoms with Crippen LogP contribution in [-0.4, -0.2) is 10.4 Å². The van der Waals surface area contributed by atoms with Crippen molar-refractivity contribution in [1.29, 1.82) is 0 Å². The molecule has 2 aromatic carbocycles. The van der Waals surface area contributed by atoms with Gasteiger partial charge in [0.25, 0.3) is 0 Å². The maximum absolute atomic E-state index is 12.1. The number of aryl methyl sites for hydroxylation is 1. The van der Waals surface area contributed by atoms with E-state index in [0.717, 1.165) is 31.4 Å². The van der Waals surface area contributed by atoms with Crippen molar-refractivity contribution in [2.75, 3.05) is 0 Å². The predicted octanol–water partition coefficient (Wildman–Crippen LogP) is 3.75. The number of aromatic amines is 1. The van der Waals surface area contributed by atoms with E-state index >= 15 is 0 Å². The van der Waals surface area contributed by atoms with Crippen molar-refractivity contribution in [3.05, 3.63) is 96.8 Å². The third kappa shape index (κ3) is 6.90. The second-order valence-corrected chi connectivity index (χ2v) is 8.26. The molecule has 0 radical (unpaired) electrons. The van der Waals surface area contributed by atoms with E-state index in [0.29, 0.717) is 6.42 Å². The summed E-state index contributed by atoms with van der Waals surface area (Å²) in [6.07, 6.45) is 13.5. The molecule has 0 bridgehead atoms. The lowest BCUT2D eigenvalue weighted by Crippen LogP contribution is -3.00. The highest BCUT2D eigenvalue weighted by molar-refractivity contribution is 5.93. The lowest BCUT2D eigenvalue weighted by atomic mass is 10.1. The number of carbonyl (C=O) groups excluding carboxylic acids is 1. The summed E-state index contributed by atoms with van der Waals surface area (Å²) in [7, 11) is 0. The number of rotatable bonds is 11. The largest absolute Gasteiger partial charge is 1.00 e. The molecular weight excluding hydrogens is 428 g/mol. The minimum absolute atomic E-state index is 0. The Balaban J connectivity index is 0.00000306. The lowest BCUT2D eigenvalue weighted by Gasteiger charge is -2.11. The number of H-pyrrole nitrogens is 1. The van der Waals surface area contributed by atoms with E-state index in [1.54, 1.807) is 6.08 Å². The van der Waals surface area contributed by atoms with Gasteiger partial charge in [-0.05, 0) is 48.8 Å². The van der Waals surface area contributed by atoms with Crippen LogP contribution in [0.4, 0.5) is 0 Å². The lowest BCUT2D eigenvalue weighted by molar-refractivity contribution is -0.378. The van der Waals surface area contributed by atoms with Crippen molar-refractivity contribution < 1.29 is 22.2 Å². The average Bonchev–Trinajstić information content (AvgIpc) is 3.22. The standard InChI is InChI=1S/C29H30N2O.ClH/c32-27(19-18-24-12-11-20-30-23-24)16-7-2-1-3-10-21-31-28-17-9-8-15-26(28)22-29(31)25-13-5-4-6-14-25;/h4-6,8-9,11-15,17-20,22-23H,1-3,7,10,16,21H2;1H/b19-18+;. The summed E-state index contributed by atoms with van der Waals surface area (Å²) in [4.78, 5) is 15.1. The minimum atomic E-state index is 0. The van der Waals surface area contributed by atoms with Gasteiger partial charge in [0, 0.05) is 41.2 Å². The Morgan fingerprint density at radius 2 is 1.61 bits per heavy atom. The van der Waals surface area contributed by atoms with E-state index in [-0.39, 0.29) is 18.2 Å². The van der Waals surface area contributed by atoms with E-state index < -0.39 is 0 Å². The number of hydrogen-bond acceptors (Lipinski definition) is 1. The molecule has 0 amide bonds. The zero-order chi connectivity index (χ0) is 22.0. The van der Waals surface area contributed by atoms with Crippen LogP contribution in [-0.2, 0) is 11.3 Å². The third-order valence-corrected chi connectivity index (χ3v) is 5.88. The summed E-state index contributed by atoms with van der Waals surface area (Å²) >= 11 is 0. The average molecular weight is 459 g/mol. The van der Waals surface area contributed by atoms with E-state index in [1.165, 1.54) is 35.0 Å². The van der Waals surface area contributed by atoms with Gasteiger partial charge in [0.15, 0.2) is 18.2 Å². The molecule has 0 aliphatic carbocycles. The summed E-state index contributed by atoms with van der Waals surface area (Å²) in [5.41, 5.74) is 4.89. The van der Waals surface area contributed by atoms with E-state index in [1.807, 2.05) is 30.6 Å². The highest BCUT2D eigenvalue weighted by Crippen LogP contribution is 2.28. The van der Waals surface area contributed by atoms with Crippen LogP contribution in [0.5, 0.6) is 0 Å². The highest BCUT2D eigenvalue weighted by Gasteiger charge is 2.10. The number of carbonyl (C=O) groups is 1. The Morgan fingerprint density at radius 1 is 0.848 bits per heavy atom. The number of benzene rings is 2. The van der Waals surface area contributed by atoms with Crippen LogP contribution in [0.2, 0.25) is 0 Å². The zero-order valence-electron chi connectivity index (χ0n) is 18.9. The van der Waals surface area contributed by atoms with Crippen LogP contribution in [0.25, 0.3) is 28.2 Å². The number of unbranched alkanes of at least 4 members (excludes halogenated alkanes) is 4. The first-order valence-corrected chi connectivity index (χ1v) is 11.6. The van der Waals surface area contributed by atoms with Crippen molar-refractivity contribution in [3.8, 4) is 11.3 Å². The van der Waals surface area contributed by atoms with Crippen molar-refractivity contribution in [2.45, 2.75) is 45.1 Å². The fourth-order valence-corrected chi connectivity index (χ4v) is 4.18. The van der Waals surface area contributed by atoms with Gasteiger partial charge >= 0.3 is 0 Å². The number of halogens is 1. The first-order valence-electron chi connectivity index (χ1n) is 11.6. The minimum Gasteiger partial charge on any atom is -1.00 e. The predicted molar refractivity (Wildman–Crippen MR) is 132 cm³/mol. The van der Waals surface area contributed by atoms with Gasteiger partial charge in [-0.2, -0.15) is 0 Å². The van der Waals surface area contributed by atoms with Gasteiger partial charge in [0.1, 0.15) is 0 Å². The molecule has 0 aliphatic heterocycles. The van der Waals surface area contributed by atoms with Gasteiger partial charge in [-0.25, -0.2) is 4.98 Å². The zero-order valence-corrected chi connectivity index (χ0v) is 19.7. The van der Waals surface area contributed by atoms with Crippen LogP contribution < -0.4 is 17.4 Å². The van der Waals surface area contributed by atoms with Crippen LogP contribution in [0, 0.1) is 0 Å². The summed E-state index contributed by atoms with van der Waals surface area (Å²) in [6.45, 7) is 1.02. The molecule has 0 unspecified atom stereocenters. The maximum atomic E-state index is 12.1. The molecule has 2 aromatic heterocycles. The number of para-hydroxylation sites is 1. The van der Waals surface area contributed by atoms with Crippen molar-refractivity contribution in [2.24, 2.45) is 0 Å². The number of aromatic nitrogens is 2. The van der Waals surface area contributed by atoms with Crippen LogP contribution in [0.15, 0.2) is 91.3 Å².